The number of ether oxygens (including phenoxy) is 7. The highest BCUT2D eigenvalue weighted by Gasteiger charge is 1.95. The molecule has 7 aromatic rings. The number of hydrogen-bond donors (Lipinski definition) is 0. The topological polar surface area (TPSA) is 64.6 Å². The van der Waals surface area contributed by atoms with Gasteiger partial charge in [-0.3, -0.25) is 0 Å². The second kappa shape index (κ2) is 60.7. The minimum Gasteiger partial charge on any atom is -0.497 e. The summed E-state index contributed by atoms with van der Waals surface area (Å²) >= 11 is 0. The van der Waals surface area contributed by atoms with Crippen LogP contribution in [0.4, 0.5) is 0 Å². The fourth-order valence-corrected chi connectivity index (χ4v) is 4.74. The molecule has 0 aromatic heterocycles. The molecule has 0 N–H and O–H groups in total. The van der Waals surface area contributed by atoms with Crippen molar-refractivity contribution in [1.29, 1.82) is 0 Å². The normalized spacial score (nSPS) is 8.54. The summed E-state index contributed by atoms with van der Waals surface area (Å²) in [6, 6.07) is 70.3. The molecule has 0 aliphatic heterocycles. The van der Waals surface area contributed by atoms with E-state index in [0.717, 1.165) is 23.0 Å². The summed E-state index contributed by atoms with van der Waals surface area (Å²) in [4.78, 5) is 0. The van der Waals surface area contributed by atoms with Crippen LogP contribution in [0, 0.1) is 0 Å². The summed E-state index contributed by atoms with van der Waals surface area (Å²) in [5, 5.41) is 0. The van der Waals surface area contributed by atoms with Crippen molar-refractivity contribution in [3.63, 3.8) is 0 Å². The van der Waals surface area contributed by atoms with Crippen molar-refractivity contribution in [2.45, 2.75) is 87.0 Å². The number of para-hydroxylation sites is 4. The number of rotatable bonds is 7. The number of methoxy groups -OCH3 is 7. The molecule has 0 aliphatic carbocycles. The molecule has 7 nitrogen and oxygen atoms in total. The van der Waals surface area contributed by atoms with Gasteiger partial charge in [-0.25, -0.2) is 0 Å². The SMILES string of the molecule is CC.CC.CC(C)c1ccccc1.CC(C)c1ccccc1.CC(C)c1ccccc1.COC.COC.COC.COc1ccccc1.COc1ccccc1.COc1ccccc1.COc1ccccc1. The molecule has 7 rings (SSSR count). The Hall–Kier alpha value is -6.38. The average Bonchev–Trinajstić information content (AvgIpc) is 3.45. The lowest BCUT2D eigenvalue weighted by Gasteiger charge is -2.01. The van der Waals surface area contributed by atoms with Crippen molar-refractivity contribution in [2.24, 2.45) is 0 Å². The minimum atomic E-state index is 0.659. The summed E-state index contributed by atoms with van der Waals surface area (Å²) in [7, 11) is 16.4. The van der Waals surface area contributed by atoms with Crippen LogP contribution in [0.3, 0.4) is 0 Å². The Labute approximate surface area is 441 Å². The molecule has 400 valence electrons. The molecule has 0 radical (unpaired) electrons. The monoisotopic (exact) mass is 991 g/mol. The molecule has 0 amide bonds. The van der Waals surface area contributed by atoms with E-state index in [9.17, 15) is 0 Å². The predicted octanol–water partition coefficient (Wildman–Crippen LogP) is 18.1. The zero-order valence-electron chi connectivity index (χ0n) is 48.3. The van der Waals surface area contributed by atoms with Crippen molar-refractivity contribution in [1.82, 2.24) is 0 Å². The lowest BCUT2D eigenvalue weighted by molar-refractivity contribution is 0.277. The van der Waals surface area contributed by atoms with Gasteiger partial charge < -0.3 is 33.2 Å². The largest absolute Gasteiger partial charge is 0.497 e. The first-order valence-corrected chi connectivity index (χ1v) is 24.6. The van der Waals surface area contributed by atoms with E-state index in [2.05, 4.69) is 129 Å². The molecule has 0 saturated carbocycles. The molecule has 0 saturated heterocycles. The van der Waals surface area contributed by atoms with Gasteiger partial charge in [0, 0.05) is 42.7 Å². The van der Waals surface area contributed by atoms with Gasteiger partial charge in [0.2, 0.25) is 0 Å². The highest BCUT2D eigenvalue weighted by molar-refractivity contribution is 5.23. The molecule has 0 bridgehead atoms. The summed E-state index contributed by atoms with van der Waals surface area (Å²) < 4.78 is 32.4. The molecule has 0 atom stereocenters. The van der Waals surface area contributed by atoms with Crippen LogP contribution in [-0.4, -0.2) is 71.1 Å². The molecular formula is C65H98O7. The van der Waals surface area contributed by atoms with Crippen molar-refractivity contribution < 1.29 is 33.2 Å². The van der Waals surface area contributed by atoms with Gasteiger partial charge in [-0.05, 0) is 83.0 Å². The summed E-state index contributed by atoms with van der Waals surface area (Å²) in [5.41, 5.74) is 4.24. The summed E-state index contributed by atoms with van der Waals surface area (Å²) in [6.45, 7) is 21.2. The maximum Gasteiger partial charge on any atom is 0.118 e. The quantitative estimate of drug-likeness (QED) is 0.158. The van der Waals surface area contributed by atoms with Gasteiger partial charge in [0.15, 0.2) is 0 Å². The van der Waals surface area contributed by atoms with Crippen molar-refractivity contribution in [3.8, 4) is 23.0 Å². The smallest absolute Gasteiger partial charge is 0.118 e. The zero-order valence-corrected chi connectivity index (χ0v) is 48.3. The van der Waals surface area contributed by atoms with E-state index in [1.165, 1.54) is 16.7 Å². The second-order valence-corrected chi connectivity index (χ2v) is 15.0. The molecule has 0 unspecified atom stereocenters. The van der Waals surface area contributed by atoms with Crippen LogP contribution in [0.1, 0.15) is 104 Å². The van der Waals surface area contributed by atoms with Crippen LogP contribution >= 0.6 is 0 Å². The van der Waals surface area contributed by atoms with E-state index in [4.69, 9.17) is 18.9 Å². The van der Waals surface area contributed by atoms with E-state index in [1.54, 1.807) is 71.1 Å². The average molecular weight is 991 g/mol. The van der Waals surface area contributed by atoms with E-state index < -0.39 is 0 Å². The zero-order chi connectivity index (χ0) is 55.5. The van der Waals surface area contributed by atoms with E-state index in [0.29, 0.717) is 17.8 Å². The Morgan fingerprint density at radius 1 is 0.208 bits per heavy atom. The van der Waals surface area contributed by atoms with Crippen molar-refractivity contribution >= 4 is 0 Å². The summed E-state index contributed by atoms with van der Waals surface area (Å²) in [5.74, 6) is 5.61. The van der Waals surface area contributed by atoms with Gasteiger partial charge in [-0.1, -0.05) is 233 Å². The van der Waals surface area contributed by atoms with Gasteiger partial charge >= 0.3 is 0 Å². The Morgan fingerprint density at radius 3 is 0.389 bits per heavy atom. The standard InChI is InChI=1S/3C9H12.4C7H8O.3C2H6O.2C2H6/c3*1-8(2)9-6-4-3-5-7-9;4*1-8-7-5-3-2-4-6-7;3*1-3-2;2*1-2/h3*3-8H,1-2H3;4*2-6H,1H3;3*1-2H3;2*1-2H3. The Morgan fingerprint density at radius 2 is 0.319 bits per heavy atom. The fraction of sp³-hybridized carbons (Fsp3) is 0.354. The van der Waals surface area contributed by atoms with E-state index >= 15 is 0 Å². The molecule has 0 fully saturated rings. The van der Waals surface area contributed by atoms with Gasteiger partial charge in [-0.15, -0.1) is 0 Å². The molecule has 0 spiro atoms. The van der Waals surface area contributed by atoms with Crippen LogP contribution in [0.15, 0.2) is 212 Å². The Kier molecular flexibility index (Phi) is 62.9. The van der Waals surface area contributed by atoms with Crippen LogP contribution in [-0.2, 0) is 14.2 Å². The Balaban J connectivity index is -0.000000233. The number of hydrogen-bond acceptors (Lipinski definition) is 7. The first kappa shape index (κ1) is 74.6. The van der Waals surface area contributed by atoms with Gasteiger partial charge in [-0.2, -0.15) is 0 Å². The first-order valence-electron chi connectivity index (χ1n) is 24.6. The van der Waals surface area contributed by atoms with E-state index in [-0.39, 0.29) is 0 Å². The van der Waals surface area contributed by atoms with Crippen LogP contribution in [0.25, 0.3) is 0 Å². The Bertz CT molecular complexity index is 1680. The maximum absolute atomic E-state index is 4.91. The third-order valence-corrected chi connectivity index (χ3v) is 8.31. The molecular weight excluding hydrogens is 893 g/mol. The second-order valence-electron chi connectivity index (χ2n) is 15.0. The van der Waals surface area contributed by atoms with E-state index in [1.807, 2.05) is 167 Å². The third kappa shape index (κ3) is 51.5. The highest BCUT2D eigenvalue weighted by atomic mass is 16.5. The lowest BCUT2D eigenvalue weighted by Crippen LogP contribution is -1.83. The first-order chi connectivity index (χ1) is 34.9. The molecule has 7 heteroatoms. The predicted molar refractivity (Wildman–Crippen MR) is 315 cm³/mol. The maximum atomic E-state index is 4.91. The van der Waals surface area contributed by atoms with Gasteiger partial charge in [0.1, 0.15) is 23.0 Å². The molecule has 72 heavy (non-hydrogen) atoms. The molecule has 0 aliphatic rings. The fourth-order valence-electron chi connectivity index (χ4n) is 4.74. The minimum absolute atomic E-state index is 0.659. The molecule has 0 heterocycles. The lowest BCUT2D eigenvalue weighted by atomic mass is 10.0. The van der Waals surface area contributed by atoms with Gasteiger partial charge in [0.25, 0.3) is 0 Å². The third-order valence-electron chi connectivity index (χ3n) is 8.31. The van der Waals surface area contributed by atoms with Gasteiger partial charge in [0.05, 0.1) is 28.4 Å². The van der Waals surface area contributed by atoms with Crippen molar-refractivity contribution in [2.75, 3.05) is 71.1 Å². The van der Waals surface area contributed by atoms with Crippen LogP contribution in [0.2, 0.25) is 0 Å². The van der Waals surface area contributed by atoms with Crippen LogP contribution in [0.5, 0.6) is 23.0 Å². The summed E-state index contributed by atoms with van der Waals surface area (Å²) in [6.07, 6.45) is 0. The van der Waals surface area contributed by atoms with Crippen molar-refractivity contribution in [3.05, 3.63) is 229 Å². The van der Waals surface area contributed by atoms with Crippen LogP contribution < -0.4 is 18.9 Å². The molecule has 7 aromatic carbocycles. The number of benzene rings is 7. The highest BCUT2D eigenvalue weighted by Crippen LogP contribution is 2.14.